The van der Waals surface area contributed by atoms with Crippen molar-refractivity contribution in [2.24, 2.45) is 23.7 Å². The van der Waals surface area contributed by atoms with Crippen LogP contribution in [0.25, 0.3) is 0 Å². The third-order valence-electron chi connectivity index (χ3n) is 10.5. The second kappa shape index (κ2) is 10.7. The van der Waals surface area contributed by atoms with E-state index in [-0.39, 0.29) is 29.6 Å². The summed E-state index contributed by atoms with van der Waals surface area (Å²) in [7, 11) is 0. The highest BCUT2D eigenvalue weighted by Crippen LogP contribution is 2.54. The quantitative estimate of drug-likeness (QED) is 0.199. The number of alkyl halides is 1. The topological polar surface area (TPSA) is 151 Å². The number of fused-ring (bicyclic) bond motifs is 2. The summed E-state index contributed by atoms with van der Waals surface area (Å²) in [4.78, 5) is 48.6. The predicted molar refractivity (Wildman–Crippen MR) is 148 cm³/mol. The minimum Gasteiger partial charge on any atom is -0.453 e. The SMILES string of the molecule is CC[C@H]1C(=O)N[C@@]2([C@@H](O)[C@@H]3C=CCCC3)C(=O)O[C@@]12C.C[C@@]12OC(=O)[C@]1([C@@H](O)[C@@H]1C=CCCC1)NC(=O)[C@@H]2CCCl. The molecule has 4 saturated heterocycles. The van der Waals surface area contributed by atoms with E-state index in [4.69, 9.17) is 21.1 Å². The van der Waals surface area contributed by atoms with Gasteiger partial charge >= 0.3 is 11.9 Å². The molecule has 41 heavy (non-hydrogen) atoms. The van der Waals surface area contributed by atoms with Gasteiger partial charge in [0, 0.05) is 17.7 Å². The molecule has 0 aromatic carbocycles. The number of nitrogens with one attached hydrogen (secondary N) is 2. The summed E-state index contributed by atoms with van der Waals surface area (Å²) >= 11 is 5.76. The molecular formula is C30H41ClN2O8. The van der Waals surface area contributed by atoms with Gasteiger partial charge in [0.05, 0.1) is 24.0 Å². The zero-order valence-corrected chi connectivity index (χ0v) is 24.6. The standard InChI is InChI=1S/C15H20ClNO4.C15H21NO4/c1-14-10(7-8-16)12(19)17-15(14,13(20)21-14)11(18)9-5-3-2-4-6-9;1-3-10-12(18)16-15(13(19)20-14(10,15)2)11(17)9-7-5-4-6-8-9/h3,5,9-11,18H,2,4,6-8H2,1H3,(H,17,19);5,7,9-11,17H,3-4,6,8H2,1-2H3,(H,16,18)/t2*9-,10+,11+,14+,15+/m11/s1. The van der Waals surface area contributed by atoms with Crippen molar-refractivity contribution >= 4 is 35.4 Å². The molecule has 2 amide bonds. The Hall–Kier alpha value is -2.43. The fraction of sp³-hybridized carbons (Fsp3) is 0.733. The van der Waals surface area contributed by atoms with Crippen LogP contribution < -0.4 is 10.6 Å². The molecule has 0 aromatic heterocycles. The van der Waals surface area contributed by atoms with Crippen molar-refractivity contribution in [2.75, 3.05) is 5.88 Å². The molecule has 0 spiro atoms. The molecule has 4 N–H and O–H groups in total. The van der Waals surface area contributed by atoms with E-state index in [1.807, 2.05) is 31.2 Å². The van der Waals surface area contributed by atoms with Gasteiger partial charge in [0.15, 0.2) is 11.2 Å². The van der Waals surface area contributed by atoms with Crippen molar-refractivity contribution in [3.8, 4) is 0 Å². The zero-order chi connectivity index (χ0) is 29.8. The number of carbonyl (C=O) groups is 4. The molecule has 4 heterocycles. The summed E-state index contributed by atoms with van der Waals surface area (Å²) in [6.07, 6.45) is 12.6. The van der Waals surface area contributed by atoms with Gasteiger partial charge < -0.3 is 30.3 Å². The Morgan fingerprint density at radius 2 is 1.29 bits per heavy atom. The average Bonchev–Trinajstić information content (AvgIpc) is 3.26. The van der Waals surface area contributed by atoms with Crippen LogP contribution in [0.15, 0.2) is 24.3 Å². The Bertz CT molecular complexity index is 1180. The van der Waals surface area contributed by atoms with Crippen molar-refractivity contribution in [3.05, 3.63) is 24.3 Å². The van der Waals surface area contributed by atoms with Gasteiger partial charge in [0.2, 0.25) is 22.9 Å². The van der Waals surface area contributed by atoms with E-state index in [1.165, 1.54) is 0 Å². The van der Waals surface area contributed by atoms with E-state index < -0.39 is 52.3 Å². The van der Waals surface area contributed by atoms with Crippen LogP contribution in [-0.2, 0) is 28.7 Å². The zero-order valence-electron chi connectivity index (χ0n) is 23.9. The molecule has 4 fully saturated rings. The number of hydrogen-bond donors (Lipinski definition) is 4. The Morgan fingerprint density at radius 1 is 0.854 bits per heavy atom. The van der Waals surface area contributed by atoms with Crippen LogP contribution in [0.2, 0.25) is 0 Å². The van der Waals surface area contributed by atoms with Crippen LogP contribution in [0.4, 0.5) is 0 Å². The van der Waals surface area contributed by atoms with Crippen LogP contribution in [0.1, 0.15) is 72.1 Å². The van der Waals surface area contributed by atoms with Gasteiger partial charge in [-0.05, 0) is 65.2 Å². The number of carbonyl (C=O) groups excluding carboxylic acids is 4. The summed E-state index contributed by atoms with van der Waals surface area (Å²) in [5.74, 6) is -2.33. The van der Waals surface area contributed by atoms with Gasteiger partial charge in [0.1, 0.15) is 0 Å². The van der Waals surface area contributed by atoms with Crippen LogP contribution in [-0.4, -0.2) is 74.3 Å². The highest BCUT2D eigenvalue weighted by molar-refractivity contribution is 6.18. The predicted octanol–water partition coefficient (Wildman–Crippen LogP) is 2.05. The monoisotopic (exact) mass is 592 g/mol. The summed E-state index contributed by atoms with van der Waals surface area (Å²) in [6.45, 7) is 5.38. The molecule has 2 aliphatic carbocycles. The second-order valence-corrected chi connectivity index (χ2v) is 12.9. The fourth-order valence-electron chi connectivity index (χ4n) is 8.04. The van der Waals surface area contributed by atoms with E-state index in [9.17, 15) is 29.4 Å². The first-order chi connectivity index (χ1) is 19.4. The molecule has 0 saturated carbocycles. The van der Waals surface area contributed by atoms with Gasteiger partial charge in [-0.3, -0.25) is 9.59 Å². The summed E-state index contributed by atoms with van der Waals surface area (Å²) in [5.41, 5.74) is -4.54. The maximum atomic E-state index is 12.2. The molecular weight excluding hydrogens is 552 g/mol. The van der Waals surface area contributed by atoms with Crippen molar-refractivity contribution < 1.29 is 38.9 Å². The van der Waals surface area contributed by atoms with E-state index in [0.717, 1.165) is 38.5 Å². The van der Waals surface area contributed by atoms with Crippen LogP contribution in [0.5, 0.6) is 0 Å². The number of aliphatic hydroxyl groups is 2. The molecule has 6 rings (SSSR count). The lowest BCUT2D eigenvalue weighted by Gasteiger charge is -2.54. The molecule has 10 atom stereocenters. The first-order valence-electron chi connectivity index (χ1n) is 14.8. The molecule has 0 unspecified atom stereocenters. The largest absolute Gasteiger partial charge is 0.453 e. The Kier molecular flexibility index (Phi) is 7.83. The second-order valence-electron chi connectivity index (χ2n) is 12.5. The first-order valence-corrected chi connectivity index (χ1v) is 15.3. The smallest absolute Gasteiger partial charge is 0.339 e. The lowest BCUT2D eigenvalue weighted by molar-refractivity contribution is -0.239. The molecule has 10 nitrogen and oxygen atoms in total. The lowest BCUT2D eigenvalue weighted by Crippen LogP contribution is -2.80. The maximum Gasteiger partial charge on any atom is 0.339 e. The highest BCUT2D eigenvalue weighted by atomic mass is 35.5. The van der Waals surface area contributed by atoms with Crippen molar-refractivity contribution in [1.82, 2.24) is 10.6 Å². The highest BCUT2D eigenvalue weighted by Gasteiger charge is 2.80. The molecule has 11 heteroatoms. The van der Waals surface area contributed by atoms with Gasteiger partial charge in [-0.2, -0.15) is 0 Å². The fourth-order valence-corrected chi connectivity index (χ4v) is 8.26. The van der Waals surface area contributed by atoms with E-state index in [2.05, 4.69) is 10.6 Å². The number of ether oxygens (including phenoxy) is 2. The lowest BCUT2D eigenvalue weighted by atomic mass is 9.64. The number of allylic oxidation sites excluding steroid dienone is 2. The minimum absolute atomic E-state index is 0.105. The molecule has 0 aromatic rings. The number of aliphatic hydroxyl groups excluding tert-OH is 2. The van der Waals surface area contributed by atoms with Crippen molar-refractivity contribution in [3.63, 3.8) is 0 Å². The molecule has 6 aliphatic rings. The summed E-state index contributed by atoms with van der Waals surface area (Å²) in [6, 6.07) is 0. The average molecular weight is 593 g/mol. The van der Waals surface area contributed by atoms with Crippen molar-refractivity contribution in [1.29, 1.82) is 0 Å². The number of halogens is 1. The van der Waals surface area contributed by atoms with E-state index in [1.54, 1.807) is 13.8 Å². The number of rotatable bonds is 7. The van der Waals surface area contributed by atoms with Crippen LogP contribution in [0.3, 0.4) is 0 Å². The Balaban J connectivity index is 0.000000165. The number of amides is 2. The minimum atomic E-state index is -1.33. The summed E-state index contributed by atoms with van der Waals surface area (Å²) < 4.78 is 10.7. The Morgan fingerprint density at radius 3 is 1.66 bits per heavy atom. The molecule has 226 valence electrons. The van der Waals surface area contributed by atoms with Gasteiger partial charge in [-0.25, -0.2) is 9.59 Å². The van der Waals surface area contributed by atoms with Crippen LogP contribution in [0, 0.1) is 23.7 Å². The number of esters is 2. The maximum absolute atomic E-state index is 12.2. The Labute approximate surface area is 245 Å². The van der Waals surface area contributed by atoms with E-state index >= 15 is 0 Å². The third-order valence-corrected chi connectivity index (χ3v) is 10.7. The third kappa shape index (κ3) is 4.03. The van der Waals surface area contributed by atoms with E-state index in [0.29, 0.717) is 18.7 Å². The first kappa shape index (κ1) is 30.0. The van der Waals surface area contributed by atoms with Gasteiger partial charge in [-0.15, -0.1) is 11.6 Å². The van der Waals surface area contributed by atoms with Crippen molar-refractivity contribution in [2.45, 2.75) is 107 Å². The summed E-state index contributed by atoms with van der Waals surface area (Å²) in [5, 5.41) is 27.0. The van der Waals surface area contributed by atoms with Gasteiger partial charge in [-0.1, -0.05) is 31.2 Å². The normalized spacial score (nSPS) is 43.6. The number of hydrogen-bond acceptors (Lipinski definition) is 8. The molecule has 0 bridgehead atoms. The van der Waals surface area contributed by atoms with Gasteiger partial charge in [0.25, 0.3) is 0 Å². The van der Waals surface area contributed by atoms with Crippen LogP contribution >= 0.6 is 11.6 Å². The molecule has 0 radical (unpaired) electrons. The molecule has 4 aliphatic heterocycles.